The SMILES string of the molecule is Cc1coc2cc(CNc3ccc(OC(F)(F)F)c(Br)c3)ccc12. The van der Waals surface area contributed by atoms with E-state index < -0.39 is 6.36 Å². The Bertz CT molecular complexity index is 874. The first-order valence-corrected chi connectivity index (χ1v) is 7.87. The molecule has 0 radical (unpaired) electrons. The van der Waals surface area contributed by atoms with Gasteiger partial charge in [-0.2, -0.15) is 0 Å². The molecule has 7 heteroatoms. The average molecular weight is 400 g/mol. The topological polar surface area (TPSA) is 34.4 Å². The Hall–Kier alpha value is -2.15. The molecule has 0 unspecified atom stereocenters. The van der Waals surface area contributed by atoms with E-state index in [1.165, 1.54) is 18.2 Å². The molecule has 3 nitrogen and oxygen atoms in total. The van der Waals surface area contributed by atoms with Crippen molar-refractivity contribution in [2.45, 2.75) is 19.8 Å². The Kier molecular flexibility index (Phi) is 4.45. The van der Waals surface area contributed by atoms with Crippen LogP contribution < -0.4 is 10.1 Å². The number of alkyl halides is 3. The minimum atomic E-state index is -4.71. The van der Waals surface area contributed by atoms with Gasteiger partial charge in [0.15, 0.2) is 0 Å². The molecule has 0 saturated heterocycles. The van der Waals surface area contributed by atoms with E-state index in [1.54, 1.807) is 6.26 Å². The Labute approximate surface area is 144 Å². The second kappa shape index (κ2) is 6.39. The van der Waals surface area contributed by atoms with Gasteiger partial charge in [-0.3, -0.25) is 0 Å². The second-order valence-electron chi connectivity index (χ2n) is 5.30. The fourth-order valence-electron chi connectivity index (χ4n) is 2.34. The van der Waals surface area contributed by atoms with E-state index in [2.05, 4.69) is 26.0 Å². The van der Waals surface area contributed by atoms with Gasteiger partial charge >= 0.3 is 6.36 Å². The Balaban J connectivity index is 1.70. The van der Waals surface area contributed by atoms with Crippen molar-refractivity contribution in [3.05, 3.63) is 58.3 Å². The average Bonchev–Trinajstić information content (AvgIpc) is 2.87. The van der Waals surface area contributed by atoms with Gasteiger partial charge in [-0.05, 0) is 58.2 Å². The van der Waals surface area contributed by atoms with Gasteiger partial charge in [0.2, 0.25) is 0 Å². The normalized spacial score (nSPS) is 11.7. The van der Waals surface area contributed by atoms with Crippen LogP contribution in [0, 0.1) is 6.92 Å². The molecule has 0 saturated carbocycles. The highest BCUT2D eigenvalue weighted by atomic mass is 79.9. The summed E-state index contributed by atoms with van der Waals surface area (Å²) in [4.78, 5) is 0. The summed E-state index contributed by atoms with van der Waals surface area (Å²) < 4.78 is 46.4. The van der Waals surface area contributed by atoms with Gasteiger partial charge in [0.05, 0.1) is 10.7 Å². The molecule has 0 aliphatic heterocycles. The first-order chi connectivity index (χ1) is 11.3. The number of anilines is 1. The molecule has 1 N–H and O–H groups in total. The number of ether oxygens (including phenoxy) is 1. The van der Waals surface area contributed by atoms with Gasteiger partial charge < -0.3 is 14.5 Å². The number of nitrogens with one attached hydrogen (secondary N) is 1. The number of hydrogen-bond donors (Lipinski definition) is 1. The number of halogens is 4. The molecule has 1 heterocycles. The summed E-state index contributed by atoms with van der Waals surface area (Å²) in [6, 6.07) is 10.2. The number of benzene rings is 2. The summed E-state index contributed by atoms with van der Waals surface area (Å²) in [5.41, 5.74) is 3.56. The van der Waals surface area contributed by atoms with E-state index in [0.717, 1.165) is 22.1 Å². The van der Waals surface area contributed by atoms with Crippen molar-refractivity contribution >= 4 is 32.6 Å². The molecule has 0 atom stereocenters. The third-order valence-electron chi connectivity index (χ3n) is 3.49. The molecule has 0 aliphatic carbocycles. The molecule has 3 aromatic rings. The maximum absolute atomic E-state index is 12.3. The molecule has 2 aromatic carbocycles. The van der Waals surface area contributed by atoms with Gasteiger partial charge in [0, 0.05) is 17.6 Å². The van der Waals surface area contributed by atoms with E-state index in [-0.39, 0.29) is 10.2 Å². The minimum absolute atomic E-state index is 0.224. The van der Waals surface area contributed by atoms with Crippen LogP contribution in [0.15, 0.2) is 51.6 Å². The maximum atomic E-state index is 12.3. The lowest BCUT2D eigenvalue weighted by Crippen LogP contribution is -2.17. The van der Waals surface area contributed by atoms with Crippen molar-refractivity contribution in [1.29, 1.82) is 0 Å². The van der Waals surface area contributed by atoms with E-state index in [1.807, 2.05) is 25.1 Å². The summed E-state index contributed by atoms with van der Waals surface area (Å²) in [5.74, 6) is -0.277. The Morgan fingerprint density at radius 3 is 2.67 bits per heavy atom. The monoisotopic (exact) mass is 399 g/mol. The summed E-state index contributed by atoms with van der Waals surface area (Å²) in [7, 11) is 0. The first-order valence-electron chi connectivity index (χ1n) is 7.08. The number of hydrogen-bond acceptors (Lipinski definition) is 3. The lowest BCUT2D eigenvalue weighted by Gasteiger charge is -2.12. The van der Waals surface area contributed by atoms with E-state index in [0.29, 0.717) is 12.2 Å². The fourth-order valence-corrected chi connectivity index (χ4v) is 2.80. The van der Waals surface area contributed by atoms with Gasteiger partial charge in [0.25, 0.3) is 0 Å². The quantitative estimate of drug-likeness (QED) is 0.582. The number of aryl methyl sites for hydroxylation is 1. The molecule has 126 valence electrons. The molecule has 0 amide bonds. The predicted molar refractivity (Wildman–Crippen MR) is 89.1 cm³/mol. The highest BCUT2D eigenvalue weighted by molar-refractivity contribution is 9.10. The van der Waals surface area contributed by atoms with Gasteiger partial charge in [0.1, 0.15) is 11.3 Å². The Morgan fingerprint density at radius 2 is 1.96 bits per heavy atom. The largest absolute Gasteiger partial charge is 0.573 e. The zero-order valence-corrected chi connectivity index (χ0v) is 14.2. The van der Waals surface area contributed by atoms with Crippen LogP contribution in [0.3, 0.4) is 0 Å². The zero-order valence-electron chi connectivity index (χ0n) is 12.6. The Morgan fingerprint density at radius 1 is 1.17 bits per heavy atom. The summed E-state index contributed by atoms with van der Waals surface area (Å²) >= 11 is 3.08. The molecule has 0 aliphatic rings. The molecular weight excluding hydrogens is 387 g/mol. The predicted octanol–water partition coefficient (Wildman–Crippen LogP) is 6.01. The van der Waals surface area contributed by atoms with E-state index >= 15 is 0 Å². The molecule has 0 fully saturated rings. The van der Waals surface area contributed by atoms with Crippen LogP contribution >= 0.6 is 15.9 Å². The van der Waals surface area contributed by atoms with Crippen molar-refractivity contribution in [2.75, 3.05) is 5.32 Å². The lowest BCUT2D eigenvalue weighted by atomic mass is 10.1. The first kappa shape index (κ1) is 16.7. The van der Waals surface area contributed by atoms with Gasteiger partial charge in [-0.25, -0.2) is 0 Å². The van der Waals surface area contributed by atoms with Crippen molar-refractivity contribution < 1.29 is 22.3 Å². The van der Waals surface area contributed by atoms with Crippen LogP contribution in [0.25, 0.3) is 11.0 Å². The van der Waals surface area contributed by atoms with Crippen molar-refractivity contribution in [3.8, 4) is 5.75 Å². The molecule has 24 heavy (non-hydrogen) atoms. The standard InChI is InChI=1S/C17H13BrF3NO2/c1-10-9-23-16-6-11(2-4-13(10)16)8-22-12-3-5-15(14(18)7-12)24-17(19,20)21/h2-7,9,22H,8H2,1H3. The highest BCUT2D eigenvalue weighted by Gasteiger charge is 2.31. The molecule has 0 spiro atoms. The van der Waals surface area contributed by atoms with Gasteiger partial charge in [-0.1, -0.05) is 12.1 Å². The molecular formula is C17H13BrF3NO2. The van der Waals surface area contributed by atoms with Crippen molar-refractivity contribution in [2.24, 2.45) is 0 Å². The van der Waals surface area contributed by atoms with Crippen LogP contribution in [-0.2, 0) is 6.54 Å². The van der Waals surface area contributed by atoms with Crippen LogP contribution in [0.5, 0.6) is 5.75 Å². The van der Waals surface area contributed by atoms with Crippen molar-refractivity contribution in [3.63, 3.8) is 0 Å². The van der Waals surface area contributed by atoms with Crippen LogP contribution in [0.4, 0.5) is 18.9 Å². The number of rotatable bonds is 4. The fraction of sp³-hybridized carbons (Fsp3) is 0.176. The van der Waals surface area contributed by atoms with Crippen molar-refractivity contribution in [1.82, 2.24) is 0 Å². The molecule has 0 bridgehead atoms. The smallest absolute Gasteiger partial charge is 0.464 e. The zero-order chi connectivity index (χ0) is 17.3. The minimum Gasteiger partial charge on any atom is -0.464 e. The molecule has 3 rings (SSSR count). The number of fused-ring (bicyclic) bond motifs is 1. The van der Waals surface area contributed by atoms with Crippen LogP contribution in [0.2, 0.25) is 0 Å². The number of furan rings is 1. The third kappa shape index (κ3) is 3.84. The van der Waals surface area contributed by atoms with E-state index in [9.17, 15) is 13.2 Å². The second-order valence-corrected chi connectivity index (χ2v) is 6.15. The van der Waals surface area contributed by atoms with Crippen LogP contribution in [0.1, 0.15) is 11.1 Å². The summed E-state index contributed by atoms with van der Waals surface area (Å²) in [6.07, 6.45) is -3.01. The summed E-state index contributed by atoms with van der Waals surface area (Å²) in [6.45, 7) is 2.49. The molecule has 1 aromatic heterocycles. The van der Waals surface area contributed by atoms with E-state index in [4.69, 9.17) is 4.42 Å². The van der Waals surface area contributed by atoms with Crippen LogP contribution in [-0.4, -0.2) is 6.36 Å². The third-order valence-corrected chi connectivity index (χ3v) is 4.11. The van der Waals surface area contributed by atoms with Gasteiger partial charge in [-0.15, -0.1) is 13.2 Å². The maximum Gasteiger partial charge on any atom is 0.573 e. The summed E-state index contributed by atoms with van der Waals surface area (Å²) in [5, 5.41) is 4.22. The highest BCUT2D eigenvalue weighted by Crippen LogP contribution is 2.32. The lowest BCUT2D eigenvalue weighted by molar-refractivity contribution is -0.274.